The Kier molecular flexibility index (Phi) is 7.18. The summed E-state index contributed by atoms with van der Waals surface area (Å²) in [5.74, 6) is -0.373. The number of piperazine rings is 1. The van der Waals surface area contributed by atoms with E-state index in [1.165, 1.54) is 0 Å². The number of nitrogens with zero attached hydrogens (tertiary/aromatic N) is 2. The number of para-hydroxylation sites is 1. The van der Waals surface area contributed by atoms with Gasteiger partial charge in [0.05, 0.1) is 12.1 Å². The van der Waals surface area contributed by atoms with Crippen molar-refractivity contribution < 1.29 is 14.4 Å². The molecule has 1 heterocycles. The molecule has 0 unspecified atom stereocenters. The number of carbonyl (C=O) groups excluding carboxylic acids is 3. The minimum atomic E-state index is -0.161. The summed E-state index contributed by atoms with van der Waals surface area (Å²) in [6, 6.07) is 21.9. The largest absolute Gasteiger partial charge is 0.336 e. The monoisotopic (exact) mass is 455 g/mol. The standard InChI is InChI=1S/C28H29N3O3/c1-20-9-8-10-21(2)26(20)29-25(32)19-30-15-17-31(18-16-30)28(34)24-14-7-6-13-23(24)27(33)22-11-4-3-5-12-22/h3-14H,15-19H2,1-2H3,(H,29,32). The zero-order valence-corrected chi connectivity index (χ0v) is 19.6. The van der Waals surface area contributed by atoms with E-state index >= 15 is 0 Å². The molecule has 0 aliphatic carbocycles. The van der Waals surface area contributed by atoms with Gasteiger partial charge in [0.1, 0.15) is 0 Å². The predicted molar refractivity (Wildman–Crippen MR) is 133 cm³/mol. The second-order valence-corrected chi connectivity index (χ2v) is 8.62. The van der Waals surface area contributed by atoms with E-state index in [0.717, 1.165) is 16.8 Å². The van der Waals surface area contributed by atoms with E-state index in [0.29, 0.717) is 42.9 Å². The van der Waals surface area contributed by atoms with Gasteiger partial charge in [0.15, 0.2) is 5.78 Å². The van der Waals surface area contributed by atoms with Crippen LogP contribution in [0.1, 0.15) is 37.4 Å². The summed E-state index contributed by atoms with van der Waals surface area (Å²) < 4.78 is 0. The van der Waals surface area contributed by atoms with Gasteiger partial charge in [-0.1, -0.05) is 66.7 Å². The van der Waals surface area contributed by atoms with Crippen molar-refractivity contribution in [1.82, 2.24) is 9.80 Å². The molecule has 0 saturated carbocycles. The van der Waals surface area contributed by atoms with Crippen molar-refractivity contribution in [3.05, 3.63) is 101 Å². The molecule has 0 atom stereocenters. The van der Waals surface area contributed by atoms with Crippen LogP contribution in [-0.2, 0) is 4.79 Å². The molecule has 3 aromatic carbocycles. The number of anilines is 1. The van der Waals surface area contributed by atoms with Crippen LogP contribution in [0.5, 0.6) is 0 Å². The Labute approximate surface area is 200 Å². The van der Waals surface area contributed by atoms with Crippen LogP contribution in [0.4, 0.5) is 5.69 Å². The molecular formula is C28H29N3O3. The Bertz CT molecular complexity index is 1180. The third kappa shape index (κ3) is 5.24. The number of rotatable bonds is 6. The van der Waals surface area contributed by atoms with Crippen LogP contribution in [0.2, 0.25) is 0 Å². The summed E-state index contributed by atoms with van der Waals surface area (Å²) in [6.07, 6.45) is 0. The average Bonchev–Trinajstić information content (AvgIpc) is 2.86. The fourth-order valence-corrected chi connectivity index (χ4v) is 4.29. The molecule has 1 saturated heterocycles. The minimum absolute atomic E-state index is 0.0593. The molecule has 0 aromatic heterocycles. The molecule has 1 N–H and O–H groups in total. The number of nitrogens with one attached hydrogen (secondary N) is 1. The van der Waals surface area contributed by atoms with Gasteiger partial charge in [-0.15, -0.1) is 0 Å². The second-order valence-electron chi connectivity index (χ2n) is 8.62. The number of benzene rings is 3. The highest BCUT2D eigenvalue weighted by Crippen LogP contribution is 2.20. The van der Waals surface area contributed by atoms with Gasteiger partial charge < -0.3 is 10.2 Å². The number of ketones is 1. The molecule has 6 heteroatoms. The van der Waals surface area contributed by atoms with Crippen molar-refractivity contribution in [1.29, 1.82) is 0 Å². The normalized spacial score (nSPS) is 14.0. The van der Waals surface area contributed by atoms with Gasteiger partial charge in [-0.3, -0.25) is 19.3 Å². The first kappa shape index (κ1) is 23.4. The van der Waals surface area contributed by atoms with E-state index in [4.69, 9.17) is 0 Å². The van der Waals surface area contributed by atoms with Gasteiger partial charge in [0, 0.05) is 43.0 Å². The molecular weight excluding hydrogens is 426 g/mol. The summed E-state index contributed by atoms with van der Waals surface area (Å²) >= 11 is 0. The SMILES string of the molecule is Cc1cccc(C)c1NC(=O)CN1CCN(C(=O)c2ccccc2C(=O)c2ccccc2)CC1. The van der Waals surface area contributed by atoms with E-state index in [2.05, 4.69) is 5.32 Å². The maximum absolute atomic E-state index is 13.3. The number of carbonyl (C=O) groups is 3. The Morgan fingerprint density at radius 1 is 0.735 bits per heavy atom. The van der Waals surface area contributed by atoms with Gasteiger partial charge in [-0.25, -0.2) is 0 Å². The lowest BCUT2D eigenvalue weighted by Gasteiger charge is -2.34. The highest BCUT2D eigenvalue weighted by molar-refractivity contribution is 6.15. The number of aryl methyl sites for hydroxylation is 2. The van der Waals surface area contributed by atoms with Crippen LogP contribution in [-0.4, -0.2) is 60.1 Å². The lowest BCUT2D eigenvalue weighted by molar-refractivity contribution is -0.117. The topological polar surface area (TPSA) is 69.7 Å². The van der Waals surface area contributed by atoms with Crippen LogP contribution in [0.3, 0.4) is 0 Å². The Morgan fingerprint density at radius 2 is 1.32 bits per heavy atom. The molecule has 0 bridgehead atoms. The summed E-state index contributed by atoms with van der Waals surface area (Å²) in [5.41, 5.74) is 4.31. The zero-order valence-electron chi connectivity index (χ0n) is 19.6. The maximum atomic E-state index is 13.3. The molecule has 1 aliphatic rings. The first-order chi connectivity index (χ1) is 16.4. The fraction of sp³-hybridized carbons (Fsp3) is 0.250. The molecule has 1 aliphatic heterocycles. The van der Waals surface area contributed by atoms with Gasteiger partial charge in [0.2, 0.25) is 5.91 Å². The molecule has 0 spiro atoms. The molecule has 1 fully saturated rings. The lowest BCUT2D eigenvalue weighted by Crippen LogP contribution is -2.50. The third-order valence-electron chi connectivity index (χ3n) is 6.21. The summed E-state index contributed by atoms with van der Waals surface area (Å²) in [7, 11) is 0. The van der Waals surface area contributed by atoms with Gasteiger partial charge in [-0.05, 0) is 31.0 Å². The van der Waals surface area contributed by atoms with Crippen LogP contribution in [0.15, 0.2) is 72.8 Å². The number of hydrogen-bond donors (Lipinski definition) is 1. The van der Waals surface area contributed by atoms with E-state index in [-0.39, 0.29) is 24.1 Å². The van der Waals surface area contributed by atoms with Gasteiger partial charge in [-0.2, -0.15) is 0 Å². The Morgan fingerprint density at radius 3 is 1.97 bits per heavy atom. The highest BCUT2D eigenvalue weighted by atomic mass is 16.2. The van der Waals surface area contributed by atoms with E-state index < -0.39 is 0 Å². The summed E-state index contributed by atoms with van der Waals surface area (Å²) in [4.78, 5) is 42.7. The molecule has 4 rings (SSSR count). The smallest absolute Gasteiger partial charge is 0.254 e. The lowest BCUT2D eigenvalue weighted by atomic mass is 9.97. The second kappa shape index (κ2) is 10.4. The summed E-state index contributed by atoms with van der Waals surface area (Å²) in [5, 5.41) is 3.02. The first-order valence-corrected chi connectivity index (χ1v) is 11.5. The van der Waals surface area contributed by atoms with E-state index in [1.54, 1.807) is 41.3 Å². The number of hydrogen-bond acceptors (Lipinski definition) is 4. The first-order valence-electron chi connectivity index (χ1n) is 11.5. The van der Waals surface area contributed by atoms with Crippen LogP contribution in [0, 0.1) is 13.8 Å². The average molecular weight is 456 g/mol. The highest BCUT2D eigenvalue weighted by Gasteiger charge is 2.26. The molecule has 6 nitrogen and oxygen atoms in total. The van der Waals surface area contributed by atoms with Crippen molar-refractivity contribution in [3.8, 4) is 0 Å². The predicted octanol–water partition coefficient (Wildman–Crippen LogP) is 3.93. The van der Waals surface area contributed by atoms with E-state index in [9.17, 15) is 14.4 Å². The third-order valence-corrected chi connectivity index (χ3v) is 6.21. The fourth-order valence-electron chi connectivity index (χ4n) is 4.29. The molecule has 0 radical (unpaired) electrons. The van der Waals surface area contributed by atoms with Crippen LogP contribution in [0.25, 0.3) is 0 Å². The quantitative estimate of drug-likeness (QED) is 0.572. The van der Waals surface area contributed by atoms with Crippen molar-refractivity contribution in [2.24, 2.45) is 0 Å². The van der Waals surface area contributed by atoms with Crippen LogP contribution < -0.4 is 5.32 Å². The van der Waals surface area contributed by atoms with E-state index in [1.807, 2.05) is 55.1 Å². The van der Waals surface area contributed by atoms with Crippen molar-refractivity contribution >= 4 is 23.3 Å². The Hall–Kier alpha value is -3.77. The van der Waals surface area contributed by atoms with Crippen molar-refractivity contribution in [2.75, 3.05) is 38.0 Å². The minimum Gasteiger partial charge on any atom is -0.336 e. The molecule has 3 aromatic rings. The molecule has 34 heavy (non-hydrogen) atoms. The zero-order chi connectivity index (χ0) is 24.1. The molecule has 174 valence electrons. The number of amides is 2. The van der Waals surface area contributed by atoms with Gasteiger partial charge in [0.25, 0.3) is 5.91 Å². The van der Waals surface area contributed by atoms with Crippen molar-refractivity contribution in [3.63, 3.8) is 0 Å². The van der Waals surface area contributed by atoms with Crippen LogP contribution >= 0.6 is 0 Å². The summed E-state index contributed by atoms with van der Waals surface area (Å²) in [6.45, 7) is 6.44. The van der Waals surface area contributed by atoms with Gasteiger partial charge >= 0.3 is 0 Å². The maximum Gasteiger partial charge on any atom is 0.254 e. The Balaban J connectivity index is 1.37. The van der Waals surface area contributed by atoms with Crippen molar-refractivity contribution in [2.45, 2.75) is 13.8 Å². The molecule has 2 amide bonds.